The second-order valence-corrected chi connectivity index (χ2v) is 7.87. The summed E-state index contributed by atoms with van der Waals surface area (Å²) in [6, 6.07) is 15.5. The number of carboxylic acid groups (broad SMARTS) is 1. The molecule has 3 aromatic carbocycles. The zero-order valence-electron chi connectivity index (χ0n) is 19.0. The van der Waals surface area contributed by atoms with Crippen LogP contribution in [0.3, 0.4) is 0 Å². The smallest absolute Gasteiger partial charge is 0.315 e. The number of rotatable bonds is 10. The topological polar surface area (TPSA) is 102 Å². The fraction of sp³-hybridized carbons (Fsp3) is 0.148. The van der Waals surface area contributed by atoms with Gasteiger partial charge in [0.1, 0.15) is 23.0 Å². The first-order chi connectivity index (χ1) is 17.4. The van der Waals surface area contributed by atoms with Crippen LogP contribution in [0.15, 0.2) is 77.6 Å². The Morgan fingerprint density at radius 1 is 1.08 bits per heavy atom. The molecule has 7 nitrogen and oxygen atoms in total. The number of ether oxygens (including phenoxy) is 1. The van der Waals surface area contributed by atoms with Crippen LogP contribution >= 0.6 is 0 Å². The number of anilines is 1. The first-order valence-electron chi connectivity index (χ1n) is 11.1. The zero-order valence-corrected chi connectivity index (χ0v) is 19.0. The minimum absolute atomic E-state index is 0.0823. The number of carbonyl (C=O) groups excluding carboxylic acids is 1. The van der Waals surface area contributed by atoms with Gasteiger partial charge in [0.2, 0.25) is 5.91 Å². The van der Waals surface area contributed by atoms with Gasteiger partial charge in [-0.1, -0.05) is 24.3 Å². The van der Waals surface area contributed by atoms with Crippen LogP contribution < -0.4 is 10.1 Å². The number of halogens is 2. The van der Waals surface area contributed by atoms with Gasteiger partial charge in [-0.05, 0) is 59.2 Å². The van der Waals surface area contributed by atoms with Crippen LogP contribution in [0.25, 0.3) is 17.2 Å². The second-order valence-electron chi connectivity index (χ2n) is 7.87. The molecule has 0 fully saturated rings. The average molecular weight is 492 g/mol. The molecule has 1 heterocycles. The molecule has 4 rings (SSSR count). The van der Waals surface area contributed by atoms with Crippen LogP contribution in [0.4, 0.5) is 14.5 Å². The van der Waals surface area contributed by atoms with Crippen LogP contribution in [0, 0.1) is 5.82 Å². The monoisotopic (exact) mass is 492 g/mol. The molecule has 0 saturated heterocycles. The van der Waals surface area contributed by atoms with Crippen LogP contribution in [0.1, 0.15) is 29.0 Å². The van der Waals surface area contributed by atoms with Crippen molar-refractivity contribution in [2.75, 3.05) is 18.6 Å². The number of aromatic nitrogens is 1. The molecule has 36 heavy (non-hydrogen) atoms. The number of nitrogens with one attached hydrogen (secondary N) is 1. The summed E-state index contributed by atoms with van der Waals surface area (Å²) >= 11 is 0. The number of amides is 1. The lowest BCUT2D eigenvalue weighted by Crippen LogP contribution is -2.14. The van der Waals surface area contributed by atoms with E-state index in [2.05, 4.69) is 10.3 Å². The third-order valence-electron chi connectivity index (χ3n) is 5.37. The Morgan fingerprint density at radius 2 is 1.83 bits per heavy atom. The van der Waals surface area contributed by atoms with Gasteiger partial charge in [0.15, 0.2) is 12.0 Å². The van der Waals surface area contributed by atoms with Crippen molar-refractivity contribution in [1.29, 1.82) is 0 Å². The van der Waals surface area contributed by atoms with Gasteiger partial charge in [0.05, 0.1) is 19.0 Å². The number of benzene rings is 3. The Kier molecular flexibility index (Phi) is 7.69. The molecule has 2 N–H and O–H groups in total. The second kappa shape index (κ2) is 11.3. The van der Waals surface area contributed by atoms with Gasteiger partial charge in [-0.25, -0.2) is 9.37 Å². The third kappa shape index (κ3) is 5.93. The number of hydrogen-bond donors (Lipinski definition) is 2. The highest BCUT2D eigenvalue weighted by Crippen LogP contribution is 2.30. The lowest BCUT2D eigenvalue weighted by atomic mass is 9.91. The summed E-state index contributed by atoms with van der Waals surface area (Å²) in [4.78, 5) is 28.3. The minimum atomic E-state index is -1.16. The fourth-order valence-corrected chi connectivity index (χ4v) is 3.61. The van der Waals surface area contributed by atoms with Gasteiger partial charge in [-0.15, -0.1) is 0 Å². The molecule has 4 aromatic rings. The molecule has 0 bridgehead atoms. The van der Waals surface area contributed by atoms with Gasteiger partial charge in [0.25, 0.3) is 0 Å². The molecule has 1 atom stereocenters. The lowest BCUT2D eigenvalue weighted by molar-refractivity contribution is -0.137. The molecule has 1 unspecified atom stereocenters. The van der Waals surface area contributed by atoms with E-state index >= 15 is 0 Å². The Balaban J connectivity index is 1.43. The van der Waals surface area contributed by atoms with E-state index in [1.807, 2.05) is 0 Å². The molecule has 0 spiro atoms. The molecule has 0 radical (unpaired) electrons. The maximum Gasteiger partial charge on any atom is 0.315 e. The van der Waals surface area contributed by atoms with Crippen LogP contribution in [-0.2, 0) is 9.59 Å². The average Bonchev–Trinajstić information content (AvgIpc) is 3.33. The highest BCUT2D eigenvalue weighted by molar-refractivity contribution is 6.02. The fourth-order valence-electron chi connectivity index (χ4n) is 3.61. The SMILES string of the molecule is O=C(C=Cc1ccc(OCCCF)cc1)Nc1ccc(C(C(=O)O)c2ccc3ocnc3c2)cc1F. The van der Waals surface area contributed by atoms with Gasteiger partial charge in [-0.3, -0.25) is 14.0 Å². The van der Waals surface area contributed by atoms with E-state index in [0.29, 0.717) is 34.4 Å². The summed E-state index contributed by atoms with van der Waals surface area (Å²) in [5.74, 6) is -3.02. The number of hydrogen-bond acceptors (Lipinski definition) is 5. The van der Waals surface area contributed by atoms with Crippen molar-refractivity contribution in [3.8, 4) is 5.75 Å². The maximum atomic E-state index is 14.8. The van der Waals surface area contributed by atoms with Crippen molar-refractivity contribution in [3.63, 3.8) is 0 Å². The molecule has 0 saturated carbocycles. The van der Waals surface area contributed by atoms with Gasteiger partial charge in [0, 0.05) is 12.5 Å². The highest BCUT2D eigenvalue weighted by Gasteiger charge is 2.24. The number of aliphatic carboxylic acids is 1. The van der Waals surface area contributed by atoms with Crippen molar-refractivity contribution in [2.45, 2.75) is 12.3 Å². The number of carbonyl (C=O) groups is 2. The normalized spacial score (nSPS) is 12.1. The Morgan fingerprint density at radius 3 is 2.56 bits per heavy atom. The summed E-state index contributed by atoms with van der Waals surface area (Å²) in [7, 11) is 0. The van der Waals surface area contributed by atoms with Crippen LogP contribution in [-0.4, -0.2) is 35.2 Å². The Labute approximate surface area is 205 Å². The first kappa shape index (κ1) is 24.6. The largest absolute Gasteiger partial charge is 0.493 e. The van der Waals surface area contributed by atoms with Crippen molar-refractivity contribution in [1.82, 2.24) is 4.98 Å². The van der Waals surface area contributed by atoms with E-state index < -0.39 is 30.3 Å². The third-order valence-corrected chi connectivity index (χ3v) is 5.37. The first-order valence-corrected chi connectivity index (χ1v) is 11.1. The molecule has 1 amide bonds. The van der Waals surface area contributed by atoms with Crippen molar-refractivity contribution >= 4 is 34.7 Å². The van der Waals surface area contributed by atoms with Crippen molar-refractivity contribution in [3.05, 3.63) is 95.6 Å². The molecule has 0 aliphatic rings. The summed E-state index contributed by atoms with van der Waals surface area (Å²) in [5, 5.41) is 12.2. The number of alkyl halides is 1. The summed E-state index contributed by atoms with van der Waals surface area (Å²) in [6.45, 7) is -0.165. The zero-order chi connectivity index (χ0) is 25.5. The van der Waals surface area contributed by atoms with E-state index in [0.717, 1.165) is 6.07 Å². The van der Waals surface area contributed by atoms with Crippen LogP contribution in [0.5, 0.6) is 5.75 Å². The van der Waals surface area contributed by atoms with Crippen molar-refractivity contribution < 1.29 is 32.6 Å². The van der Waals surface area contributed by atoms with E-state index in [4.69, 9.17) is 9.15 Å². The van der Waals surface area contributed by atoms with E-state index in [-0.39, 0.29) is 17.9 Å². The van der Waals surface area contributed by atoms with Gasteiger partial charge in [-0.2, -0.15) is 0 Å². The molecule has 9 heteroatoms. The van der Waals surface area contributed by atoms with Crippen molar-refractivity contribution in [2.24, 2.45) is 0 Å². The number of fused-ring (bicyclic) bond motifs is 1. The predicted octanol–water partition coefficient (Wildman–Crippen LogP) is 5.57. The molecular weight excluding hydrogens is 470 g/mol. The molecule has 0 aliphatic heterocycles. The molecular formula is C27H22F2N2O5. The summed E-state index contributed by atoms with van der Waals surface area (Å²) < 4.78 is 37.5. The molecule has 1 aromatic heterocycles. The maximum absolute atomic E-state index is 14.8. The predicted molar refractivity (Wildman–Crippen MR) is 130 cm³/mol. The molecule has 0 aliphatic carbocycles. The Bertz CT molecular complexity index is 1400. The standard InChI is InChI=1S/C27H22F2N2O5/c28-12-1-13-35-20-7-2-17(3-8-20)4-11-25(32)31-22-9-5-18(14-21(22)29)26(27(33)34)19-6-10-24-23(15-19)30-16-36-24/h2-11,14-16,26H,1,12-13H2,(H,31,32)(H,33,34). The summed E-state index contributed by atoms with van der Waals surface area (Å²) in [5.41, 5.74) is 2.27. The van der Waals surface area contributed by atoms with Gasteiger partial charge >= 0.3 is 5.97 Å². The van der Waals surface area contributed by atoms with Crippen LogP contribution in [0.2, 0.25) is 0 Å². The minimum Gasteiger partial charge on any atom is -0.493 e. The summed E-state index contributed by atoms with van der Waals surface area (Å²) in [6.07, 6.45) is 4.37. The highest BCUT2D eigenvalue weighted by atomic mass is 19.1. The molecule has 184 valence electrons. The number of carboxylic acids is 1. The quantitative estimate of drug-likeness (QED) is 0.222. The lowest BCUT2D eigenvalue weighted by Gasteiger charge is -2.14. The Hall–Kier alpha value is -4.53. The van der Waals surface area contributed by atoms with Gasteiger partial charge < -0.3 is 19.6 Å². The van der Waals surface area contributed by atoms with E-state index in [1.165, 1.54) is 24.6 Å². The number of oxazole rings is 1. The number of nitrogens with zero attached hydrogens (tertiary/aromatic N) is 1. The van der Waals surface area contributed by atoms with E-state index in [1.54, 1.807) is 48.5 Å². The van der Waals surface area contributed by atoms with E-state index in [9.17, 15) is 23.5 Å².